The monoisotopic (exact) mass is 449 g/mol. The molecular weight excluding hydrogens is 425 g/mol. The van der Waals surface area contributed by atoms with Crippen LogP contribution in [0.2, 0.25) is 5.02 Å². The van der Waals surface area contributed by atoms with E-state index in [0.717, 1.165) is 0 Å². The molecule has 1 heterocycles. The lowest BCUT2D eigenvalue weighted by molar-refractivity contribution is -0.117. The molecule has 0 atom stereocenters. The Bertz CT molecular complexity index is 977. The predicted molar refractivity (Wildman–Crippen MR) is 118 cm³/mol. The lowest BCUT2D eigenvalue weighted by Crippen LogP contribution is -2.49. The number of nitrogens with zero attached hydrogens (tertiary/aromatic N) is 2. The predicted octanol–water partition coefficient (Wildman–Crippen LogP) is 3.46. The largest absolute Gasteiger partial charge is 0.495 e. The average Bonchev–Trinajstić information content (AvgIpc) is 2.75. The van der Waals surface area contributed by atoms with Crippen LogP contribution in [-0.2, 0) is 4.79 Å². The number of anilines is 2. The Morgan fingerprint density at radius 1 is 1.06 bits per heavy atom. The zero-order valence-electron chi connectivity index (χ0n) is 17.7. The van der Waals surface area contributed by atoms with Gasteiger partial charge in [-0.15, -0.1) is 0 Å². The van der Waals surface area contributed by atoms with Crippen LogP contribution in [0.5, 0.6) is 11.5 Å². The van der Waals surface area contributed by atoms with Crippen molar-refractivity contribution in [2.24, 2.45) is 0 Å². The number of methoxy groups -OCH3 is 2. The van der Waals surface area contributed by atoms with Crippen molar-refractivity contribution >= 4 is 34.7 Å². The highest BCUT2D eigenvalue weighted by atomic mass is 35.5. The maximum atomic E-state index is 14.4. The molecule has 2 aromatic rings. The minimum Gasteiger partial charge on any atom is -0.495 e. The molecule has 0 aliphatic carbocycles. The zero-order chi connectivity index (χ0) is 22.5. The third kappa shape index (κ3) is 5.45. The number of rotatable bonds is 7. The highest BCUT2D eigenvalue weighted by Crippen LogP contribution is 2.35. The van der Waals surface area contributed by atoms with E-state index in [1.807, 2.05) is 9.80 Å². The van der Waals surface area contributed by atoms with Crippen LogP contribution in [0.25, 0.3) is 0 Å². The van der Waals surface area contributed by atoms with E-state index in [0.29, 0.717) is 59.6 Å². The van der Waals surface area contributed by atoms with Gasteiger partial charge < -0.3 is 19.7 Å². The highest BCUT2D eigenvalue weighted by Gasteiger charge is 2.22. The molecule has 1 aliphatic rings. The molecular formula is C22H25ClFN3O4. The second kappa shape index (κ2) is 9.98. The van der Waals surface area contributed by atoms with Crippen molar-refractivity contribution < 1.29 is 23.5 Å². The normalized spacial score (nSPS) is 14.3. The molecule has 0 bridgehead atoms. The molecule has 0 saturated carbocycles. The topological polar surface area (TPSA) is 71.1 Å². The number of hydrogen-bond donors (Lipinski definition) is 1. The van der Waals surface area contributed by atoms with Crippen LogP contribution in [0.15, 0.2) is 30.3 Å². The van der Waals surface area contributed by atoms with E-state index in [9.17, 15) is 14.0 Å². The van der Waals surface area contributed by atoms with E-state index >= 15 is 0 Å². The summed E-state index contributed by atoms with van der Waals surface area (Å²) in [5.41, 5.74) is 1.29. The number of nitrogens with one attached hydrogen (secondary N) is 1. The summed E-state index contributed by atoms with van der Waals surface area (Å²) in [7, 11) is 2.99. The summed E-state index contributed by atoms with van der Waals surface area (Å²) >= 11 is 6.10. The second-order valence-electron chi connectivity index (χ2n) is 7.22. The molecule has 1 aliphatic heterocycles. The van der Waals surface area contributed by atoms with Gasteiger partial charge in [0.15, 0.2) is 5.78 Å². The maximum Gasteiger partial charge on any atom is 0.238 e. The third-order valence-electron chi connectivity index (χ3n) is 5.18. The summed E-state index contributed by atoms with van der Waals surface area (Å²) in [6, 6.07) is 7.74. The van der Waals surface area contributed by atoms with E-state index in [2.05, 4.69) is 5.32 Å². The molecule has 166 valence electrons. The van der Waals surface area contributed by atoms with Gasteiger partial charge in [-0.1, -0.05) is 11.6 Å². The summed E-state index contributed by atoms with van der Waals surface area (Å²) in [5.74, 6) is 0.0876. The molecule has 0 spiro atoms. The number of ketones is 1. The Morgan fingerprint density at radius 2 is 1.74 bits per heavy atom. The highest BCUT2D eigenvalue weighted by molar-refractivity contribution is 6.32. The van der Waals surface area contributed by atoms with Crippen LogP contribution in [0.3, 0.4) is 0 Å². The van der Waals surface area contributed by atoms with Gasteiger partial charge in [-0.25, -0.2) is 4.39 Å². The SMILES string of the molecule is COc1cc(NC(=O)CN2CCN(c3ccc(C(C)=O)cc3F)CC2)c(OC)cc1Cl. The second-order valence-corrected chi connectivity index (χ2v) is 7.63. The van der Waals surface area contributed by atoms with Crippen molar-refractivity contribution in [1.82, 2.24) is 4.90 Å². The number of benzene rings is 2. The summed E-state index contributed by atoms with van der Waals surface area (Å²) < 4.78 is 24.9. The fraction of sp³-hybridized carbons (Fsp3) is 0.364. The standard InChI is InChI=1S/C22H25ClFN3O4/c1-14(28)15-4-5-19(17(24)10-15)27-8-6-26(7-9-27)13-22(29)25-18-12-20(30-2)16(23)11-21(18)31-3/h4-5,10-12H,6-9,13H2,1-3H3,(H,25,29). The molecule has 0 unspecified atom stereocenters. The van der Waals surface area contributed by atoms with E-state index in [4.69, 9.17) is 21.1 Å². The quantitative estimate of drug-likeness (QED) is 0.653. The van der Waals surface area contributed by atoms with Gasteiger partial charge in [0, 0.05) is 43.9 Å². The van der Waals surface area contributed by atoms with Crippen molar-refractivity contribution in [3.8, 4) is 11.5 Å². The summed E-state index contributed by atoms with van der Waals surface area (Å²) in [6.45, 7) is 3.94. The van der Waals surface area contributed by atoms with Crippen molar-refractivity contribution in [2.75, 3.05) is 57.2 Å². The molecule has 0 aromatic heterocycles. The van der Waals surface area contributed by atoms with E-state index in [1.165, 1.54) is 27.2 Å². The van der Waals surface area contributed by atoms with Gasteiger partial charge >= 0.3 is 0 Å². The lowest BCUT2D eigenvalue weighted by Gasteiger charge is -2.35. The number of hydrogen-bond acceptors (Lipinski definition) is 6. The summed E-state index contributed by atoms with van der Waals surface area (Å²) in [6.07, 6.45) is 0. The Balaban J connectivity index is 1.58. The van der Waals surface area contributed by atoms with Crippen molar-refractivity contribution in [1.29, 1.82) is 0 Å². The molecule has 1 fully saturated rings. The lowest BCUT2D eigenvalue weighted by atomic mass is 10.1. The van der Waals surface area contributed by atoms with Crippen molar-refractivity contribution in [2.45, 2.75) is 6.92 Å². The Morgan fingerprint density at radius 3 is 2.32 bits per heavy atom. The van der Waals surface area contributed by atoms with Gasteiger partial charge in [0.1, 0.15) is 17.3 Å². The third-order valence-corrected chi connectivity index (χ3v) is 5.48. The molecule has 0 radical (unpaired) electrons. The number of Topliss-reactive ketones (excluding diaryl/α,β-unsaturated/α-hetero) is 1. The Kier molecular flexibility index (Phi) is 7.35. The molecule has 3 rings (SSSR count). The minimum atomic E-state index is -0.414. The minimum absolute atomic E-state index is 0.170. The van der Waals surface area contributed by atoms with Gasteiger partial charge in [-0.3, -0.25) is 14.5 Å². The molecule has 1 saturated heterocycles. The Labute approximate surface area is 185 Å². The fourth-order valence-corrected chi connectivity index (χ4v) is 3.71. The maximum absolute atomic E-state index is 14.4. The van der Waals surface area contributed by atoms with Crippen molar-refractivity contribution in [3.63, 3.8) is 0 Å². The van der Waals surface area contributed by atoms with Gasteiger partial charge in [0.25, 0.3) is 0 Å². The molecule has 1 amide bonds. The van der Waals surface area contributed by atoms with E-state index in [-0.39, 0.29) is 18.2 Å². The zero-order valence-corrected chi connectivity index (χ0v) is 18.5. The number of ether oxygens (including phenoxy) is 2. The first-order valence-corrected chi connectivity index (χ1v) is 10.2. The van der Waals surface area contributed by atoms with Gasteiger partial charge in [0.2, 0.25) is 5.91 Å². The first-order chi connectivity index (χ1) is 14.8. The van der Waals surface area contributed by atoms with E-state index in [1.54, 1.807) is 24.3 Å². The van der Waals surface area contributed by atoms with Crippen LogP contribution in [-0.4, -0.2) is 63.5 Å². The number of carbonyl (C=O) groups excluding carboxylic acids is 2. The van der Waals surface area contributed by atoms with Gasteiger partial charge in [-0.2, -0.15) is 0 Å². The van der Waals surface area contributed by atoms with E-state index < -0.39 is 5.82 Å². The van der Waals surface area contributed by atoms with Crippen LogP contribution < -0.4 is 19.7 Å². The molecule has 7 nitrogen and oxygen atoms in total. The number of piperazine rings is 1. The van der Waals surface area contributed by atoms with Crippen LogP contribution in [0.1, 0.15) is 17.3 Å². The van der Waals surface area contributed by atoms with Gasteiger partial charge in [0.05, 0.1) is 37.2 Å². The first kappa shape index (κ1) is 22.8. The smallest absolute Gasteiger partial charge is 0.238 e. The Hall–Kier alpha value is -2.84. The molecule has 9 heteroatoms. The fourth-order valence-electron chi connectivity index (χ4n) is 3.48. The number of carbonyl (C=O) groups is 2. The summed E-state index contributed by atoms with van der Waals surface area (Å²) in [4.78, 5) is 27.9. The van der Waals surface area contributed by atoms with Crippen molar-refractivity contribution in [3.05, 3.63) is 46.7 Å². The summed E-state index contributed by atoms with van der Waals surface area (Å²) in [5, 5.41) is 3.22. The van der Waals surface area contributed by atoms with Crippen LogP contribution in [0.4, 0.5) is 15.8 Å². The molecule has 2 aromatic carbocycles. The van der Waals surface area contributed by atoms with Crippen LogP contribution in [0, 0.1) is 5.82 Å². The molecule has 1 N–H and O–H groups in total. The first-order valence-electron chi connectivity index (χ1n) is 9.81. The average molecular weight is 450 g/mol. The molecule has 31 heavy (non-hydrogen) atoms. The number of amides is 1. The van der Waals surface area contributed by atoms with Crippen LogP contribution >= 0.6 is 11.6 Å². The number of halogens is 2. The van der Waals surface area contributed by atoms with Gasteiger partial charge in [-0.05, 0) is 25.1 Å².